The molecule has 2 heterocycles. The van der Waals surface area contributed by atoms with Crippen molar-refractivity contribution in [2.45, 2.75) is 43.4 Å². The molecule has 0 spiro atoms. The van der Waals surface area contributed by atoms with E-state index >= 15 is 19.2 Å². The Hall–Kier alpha value is -11.2. The van der Waals surface area contributed by atoms with E-state index in [0.29, 0.717) is 22.3 Å². The second-order valence-electron chi connectivity index (χ2n) is 22.8. The number of carbonyl (C=O) groups excluding carboxylic acids is 7. The molecule has 1 N–H and O–H groups in total. The van der Waals surface area contributed by atoms with Crippen molar-refractivity contribution >= 4 is 97.6 Å². The smallest absolute Gasteiger partial charge is 0.334 e. The van der Waals surface area contributed by atoms with Crippen molar-refractivity contribution in [3.8, 4) is 20.9 Å². The van der Waals surface area contributed by atoms with Gasteiger partial charge >= 0.3 is 23.9 Å². The molecule has 20 heteroatoms. The van der Waals surface area contributed by atoms with Crippen LogP contribution in [0.5, 0.6) is 0 Å². The number of aliphatic hydroxyl groups is 1. The highest BCUT2D eigenvalue weighted by Gasteiger charge is 2.65. The van der Waals surface area contributed by atoms with Crippen LogP contribution in [-0.2, 0) is 75.4 Å². The highest BCUT2D eigenvalue weighted by Crippen LogP contribution is 2.60. The van der Waals surface area contributed by atoms with E-state index < -0.39 is 87.0 Å². The third kappa shape index (κ3) is 9.50. The number of thiazole rings is 2. The lowest BCUT2D eigenvalue weighted by Gasteiger charge is -2.28. The van der Waals surface area contributed by atoms with Crippen LogP contribution < -0.4 is 0 Å². The van der Waals surface area contributed by atoms with Gasteiger partial charge in [-0.3, -0.25) is 33.6 Å². The fraction of sp³-hybridized carbons (Fsp3) is 0.0946. The zero-order valence-corrected chi connectivity index (χ0v) is 50.2. The Balaban J connectivity index is 0.951. The van der Waals surface area contributed by atoms with E-state index in [0.717, 1.165) is 46.9 Å². The van der Waals surface area contributed by atoms with Crippen LogP contribution in [0.15, 0.2) is 193 Å². The molecule has 4 aliphatic rings. The minimum atomic E-state index is -2.70. The molecule has 1 atom stereocenters. The van der Waals surface area contributed by atoms with E-state index in [-0.39, 0.29) is 129 Å². The fourth-order valence-electron chi connectivity index (χ4n) is 12.6. The van der Waals surface area contributed by atoms with Gasteiger partial charge in [0.05, 0.1) is 26.7 Å². The summed E-state index contributed by atoms with van der Waals surface area (Å²) < 4.78 is 82.8. The van der Waals surface area contributed by atoms with Crippen molar-refractivity contribution in [2.24, 2.45) is 0 Å². The molecule has 0 bridgehead atoms. The van der Waals surface area contributed by atoms with Crippen LogP contribution in [0.2, 0.25) is 0 Å². The van der Waals surface area contributed by atoms with Crippen molar-refractivity contribution in [2.75, 3.05) is 0 Å². The predicted molar refractivity (Wildman–Crippen MR) is 337 cm³/mol. The summed E-state index contributed by atoms with van der Waals surface area (Å²) in [6.07, 6.45) is 0.825. The summed E-state index contributed by atoms with van der Waals surface area (Å²) in [5, 5.41) is 12.5. The fourth-order valence-corrected chi connectivity index (χ4v) is 14.8. The third-order valence-corrected chi connectivity index (χ3v) is 19.3. The van der Waals surface area contributed by atoms with Crippen molar-refractivity contribution in [3.05, 3.63) is 293 Å². The van der Waals surface area contributed by atoms with Gasteiger partial charge in [0.2, 0.25) is 10.8 Å². The molecule has 14 nitrogen and oxygen atoms in total. The lowest BCUT2D eigenvalue weighted by Crippen LogP contribution is -2.47. The van der Waals surface area contributed by atoms with Crippen molar-refractivity contribution < 1.29 is 75.2 Å². The summed E-state index contributed by atoms with van der Waals surface area (Å²) in [5.74, 6) is -11.6. The highest BCUT2D eigenvalue weighted by atomic mass is 32.1. The third-order valence-electron chi connectivity index (χ3n) is 17.2. The summed E-state index contributed by atoms with van der Waals surface area (Å²) >= 11 is 1.70. The Morgan fingerprint density at radius 2 is 0.755 bits per heavy atom. The zero-order valence-electron chi connectivity index (χ0n) is 48.5. The number of esters is 4. The Labute approximate surface area is 537 Å². The summed E-state index contributed by atoms with van der Waals surface area (Å²) in [7, 11) is 0. The van der Waals surface area contributed by atoms with Gasteiger partial charge in [-0.15, -0.1) is 22.7 Å². The number of hydrogen-bond donors (Lipinski definition) is 1. The molecule has 2 aromatic heterocycles. The Kier molecular flexibility index (Phi) is 14.4. The van der Waals surface area contributed by atoms with E-state index in [1.165, 1.54) is 48.6 Å². The molecule has 94 heavy (non-hydrogen) atoms. The van der Waals surface area contributed by atoms with Gasteiger partial charge in [-0.05, 0) is 144 Å². The minimum Gasteiger partial charge on any atom is -0.459 e. The summed E-state index contributed by atoms with van der Waals surface area (Å²) in [4.78, 5) is 117. The van der Waals surface area contributed by atoms with Gasteiger partial charge in [-0.2, -0.15) is 0 Å². The van der Waals surface area contributed by atoms with Crippen molar-refractivity contribution in [3.63, 3.8) is 0 Å². The van der Waals surface area contributed by atoms with Crippen LogP contribution in [-0.4, -0.2) is 56.3 Å². The second-order valence-corrected chi connectivity index (χ2v) is 24.8. The number of aromatic nitrogens is 2. The standard InChI is InChI=1S/C74H42F4N2O12S2/c75-55-25-41-21-45-46(22-42(41)26-56(55)76)62(82)51(61(45)81)31-59-79-67-65(93-59)49-30-54-50(29-53(49)73(67,69(85)89-33-37-13-5-1-6-14-37)70(86)90-34-38-15-7-2-8-16-38)66-68(74(54,71(87)91-35-39-17-9-3-10-18-39)72(88)92-36-40-19-11-4-12-20-40)80-60(94-66)32-52-63(83)47-23-43-27-57(77)58(78)28-44(43)24-48(47)64(52)84/h1-32,61,81H,33-36H2. The maximum Gasteiger partial charge on any atom is 0.334 e. The van der Waals surface area contributed by atoms with Crippen LogP contribution in [0.4, 0.5) is 17.6 Å². The normalized spacial score (nSPS) is 15.5. The number of nitrogens with zero attached hydrogens (tertiary/aromatic N) is 2. The molecule has 460 valence electrons. The summed E-state index contributed by atoms with van der Waals surface area (Å²) in [5.41, 5.74) is -4.71. The van der Waals surface area contributed by atoms with E-state index in [4.69, 9.17) is 28.9 Å². The van der Waals surface area contributed by atoms with Gasteiger partial charge < -0.3 is 24.1 Å². The number of halogens is 4. The molecule has 0 radical (unpaired) electrons. The molecule has 0 saturated heterocycles. The molecule has 1 unspecified atom stereocenters. The first-order valence-corrected chi connectivity index (χ1v) is 30.8. The molecule has 9 aromatic carbocycles. The molecule has 4 aliphatic carbocycles. The maximum atomic E-state index is 15.9. The molecule has 0 saturated carbocycles. The monoisotopic (exact) mass is 1290 g/mol. The van der Waals surface area contributed by atoms with Gasteiger partial charge in [0.25, 0.3) is 0 Å². The van der Waals surface area contributed by atoms with E-state index in [9.17, 15) is 37.1 Å². The van der Waals surface area contributed by atoms with Crippen molar-refractivity contribution in [1.82, 2.24) is 9.97 Å². The maximum absolute atomic E-state index is 15.9. The van der Waals surface area contributed by atoms with E-state index in [2.05, 4.69) is 0 Å². The van der Waals surface area contributed by atoms with E-state index in [1.807, 2.05) is 0 Å². The lowest BCUT2D eigenvalue weighted by atomic mass is 9.76. The van der Waals surface area contributed by atoms with Gasteiger partial charge in [0, 0.05) is 22.3 Å². The number of hydrogen-bond acceptors (Lipinski definition) is 16. The number of allylic oxidation sites excluding steroid dienone is 1. The average molecular weight is 1290 g/mol. The molecule has 15 rings (SSSR count). The SMILES string of the molecule is O=C1C(=Cc2nc3c(s2)-c2cc4c(cc2C3(C(=O)OCc2ccccc2)C(=O)OCc2ccccc2)-c2sc(C=C3C(=O)c5cc6cc(F)c(F)cc6cc5C3O)nc2C4(C(=O)OCc2ccccc2)C(=O)OCc2ccccc2)C(=O)c2cc3cc(F)c(F)cc3cc21. The number of ketones is 3. The zero-order chi connectivity index (χ0) is 64.9. The number of rotatable bonds is 14. The van der Waals surface area contributed by atoms with Gasteiger partial charge in [0.15, 0.2) is 40.6 Å². The summed E-state index contributed by atoms with van der Waals surface area (Å²) in [6.45, 7) is -1.52. The second kappa shape index (κ2) is 22.9. The Bertz CT molecular complexity index is 5030. The highest BCUT2D eigenvalue weighted by molar-refractivity contribution is 7.17. The Morgan fingerprint density at radius 1 is 0.426 bits per heavy atom. The van der Waals surface area contributed by atoms with Crippen LogP contribution in [0.3, 0.4) is 0 Å². The number of fused-ring (bicyclic) bond motifs is 10. The molecular weight excluding hydrogens is 1250 g/mol. The quantitative estimate of drug-likeness (QED) is 0.0269. The number of aliphatic hydroxyl groups excluding tert-OH is 1. The first kappa shape index (κ1) is 59.1. The first-order chi connectivity index (χ1) is 45.5. The average Bonchev–Trinajstić information content (AvgIpc) is 1.51. The lowest BCUT2D eigenvalue weighted by molar-refractivity contribution is -0.166. The summed E-state index contributed by atoms with van der Waals surface area (Å²) in [6, 6.07) is 46.2. The number of carbonyl (C=O) groups is 7. The van der Waals surface area contributed by atoms with Gasteiger partial charge in [0.1, 0.15) is 42.5 Å². The van der Waals surface area contributed by atoms with Crippen LogP contribution >= 0.6 is 22.7 Å². The molecular formula is C74H42F4N2O12S2. The van der Waals surface area contributed by atoms with E-state index in [1.54, 1.807) is 121 Å². The Morgan fingerprint density at radius 3 is 1.12 bits per heavy atom. The minimum absolute atomic E-state index is 0.00324. The van der Waals surface area contributed by atoms with Crippen LogP contribution in [0.1, 0.15) is 97.5 Å². The topological polar surface area (TPSA) is 202 Å². The molecule has 0 amide bonds. The number of ether oxygens (including phenoxy) is 4. The number of benzene rings is 9. The first-order valence-electron chi connectivity index (χ1n) is 29.2. The molecule has 11 aromatic rings. The van der Waals surface area contributed by atoms with Crippen LogP contribution in [0, 0.1) is 23.3 Å². The van der Waals surface area contributed by atoms with Crippen molar-refractivity contribution in [1.29, 1.82) is 0 Å². The van der Waals surface area contributed by atoms with Crippen LogP contribution in [0.25, 0.3) is 54.6 Å². The molecule has 0 fully saturated rings. The molecule has 0 aliphatic heterocycles. The van der Waals surface area contributed by atoms with Gasteiger partial charge in [-0.1, -0.05) is 121 Å². The number of Topliss-reactive ketones (excluding diaryl/α,β-unsaturated/α-hetero) is 3. The largest absolute Gasteiger partial charge is 0.459 e. The predicted octanol–water partition coefficient (Wildman–Crippen LogP) is 13.7. The van der Waals surface area contributed by atoms with Gasteiger partial charge in [-0.25, -0.2) is 27.5 Å².